The third kappa shape index (κ3) is 4.19. The highest BCUT2D eigenvalue weighted by molar-refractivity contribution is 7.89. The molecule has 0 bridgehead atoms. The van der Waals surface area contributed by atoms with Crippen molar-refractivity contribution in [3.8, 4) is 5.75 Å². The molecule has 0 radical (unpaired) electrons. The van der Waals surface area contributed by atoms with Gasteiger partial charge >= 0.3 is 0 Å². The van der Waals surface area contributed by atoms with Crippen LogP contribution in [0, 0.1) is 6.92 Å². The van der Waals surface area contributed by atoms with Crippen molar-refractivity contribution < 1.29 is 17.9 Å². The quantitative estimate of drug-likeness (QED) is 0.632. The molecule has 0 saturated carbocycles. The minimum atomic E-state index is -3.56. The maximum Gasteiger partial charge on any atom is 0.252 e. The highest BCUT2D eigenvalue weighted by Crippen LogP contribution is 2.28. The summed E-state index contributed by atoms with van der Waals surface area (Å²) in [6.45, 7) is 3.46. The Morgan fingerprint density at radius 3 is 2.35 bits per heavy atom. The second-order valence-corrected chi connectivity index (χ2v) is 9.52. The van der Waals surface area contributed by atoms with Gasteiger partial charge in [-0.15, -0.1) is 0 Å². The van der Waals surface area contributed by atoms with Crippen molar-refractivity contribution in [3.63, 3.8) is 0 Å². The molecule has 1 aromatic heterocycles. The minimum absolute atomic E-state index is 0.119. The number of fused-ring (bicyclic) bond motifs is 1. The predicted octanol–water partition coefficient (Wildman–Crippen LogP) is 2.77. The van der Waals surface area contributed by atoms with Gasteiger partial charge in [0, 0.05) is 31.2 Å². The van der Waals surface area contributed by atoms with Crippen molar-refractivity contribution in [2.45, 2.75) is 24.8 Å². The van der Waals surface area contributed by atoms with Gasteiger partial charge in [0.2, 0.25) is 15.9 Å². The average molecular weight is 444 g/mol. The molecule has 0 aliphatic carbocycles. The van der Waals surface area contributed by atoms with Crippen LogP contribution in [0.15, 0.2) is 58.2 Å². The Bertz CT molecular complexity index is 1300. The van der Waals surface area contributed by atoms with Gasteiger partial charge in [-0.3, -0.25) is 14.2 Å². The van der Waals surface area contributed by atoms with E-state index in [2.05, 4.69) is 5.32 Å². The number of nitrogens with zero attached hydrogens (tertiary/aromatic N) is 2. The third-order valence-electron chi connectivity index (χ3n) is 5.13. The molecule has 0 fully saturated rings. The number of aryl methyl sites for hydroxylation is 1. The lowest BCUT2D eigenvalue weighted by atomic mass is 10.1. The van der Waals surface area contributed by atoms with Crippen LogP contribution in [0.2, 0.25) is 0 Å². The van der Waals surface area contributed by atoms with Crippen LogP contribution in [0.3, 0.4) is 0 Å². The molecule has 0 spiro atoms. The van der Waals surface area contributed by atoms with Gasteiger partial charge in [-0.2, -0.15) is 0 Å². The molecule has 31 heavy (non-hydrogen) atoms. The molecule has 9 heteroatoms. The highest BCUT2D eigenvalue weighted by Gasteiger charge is 2.22. The van der Waals surface area contributed by atoms with Gasteiger partial charge < -0.3 is 10.1 Å². The third-order valence-corrected chi connectivity index (χ3v) is 6.96. The molecule has 2 aromatic carbocycles. The molecular formula is C22H25N3O5S. The molecule has 1 amide bonds. The zero-order valence-electron chi connectivity index (χ0n) is 18.0. The lowest BCUT2D eigenvalue weighted by molar-refractivity contribution is -0.118. The van der Waals surface area contributed by atoms with E-state index < -0.39 is 22.0 Å². The first-order chi connectivity index (χ1) is 14.6. The molecule has 0 saturated heterocycles. The number of rotatable bonds is 6. The van der Waals surface area contributed by atoms with E-state index >= 15 is 0 Å². The number of sulfonamides is 1. The summed E-state index contributed by atoms with van der Waals surface area (Å²) in [7, 11) is 0.850. The molecular weight excluding hydrogens is 418 g/mol. The summed E-state index contributed by atoms with van der Waals surface area (Å²) < 4.78 is 32.4. The Morgan fingerprint density at radius 1 is 1.13 bits per heavy atom. The Morgan fingerprint density at radius 2 is 1.77 bits per heavy atom. The van der Waals surface area contributed by atoms with E-state index in [9.17, 15) is 18.0 Å². The zero-order valence-corrected chi connectivity index (χ0v) is 18.9. The molecule has 0 aliphatic rings. The second-order valence-electron chi connectivity index (χ2n) is 7.37. The molecule has 1 atom stereocenters. The molecule has 1 unspecified atom stereocenters. The van der Waals surface area contributed by atoms with Crippen LogP contribution in [-0.2, 0) is 14.8 Å². The standard InChI is InChI=1S/C22H25N3O5S/c1-14-13-20(26)25(21-18(14)7-6-8-19(21)30-5)15(2)22(27)23-16-9-11-17(12-10-16)31(28,29)24(3)4/h6-13,15H,1-5H3,(H,23,27). The van der Waals surface area contributed by atoms with Gasteiger partial charge in [0.1, 0.15) is 11.8 Å². The number of methoxy groups -OCH3 is 1. The van der Waals surface area contributed by atoms with Gasteiger partial charge in [0.15, 0.2) is 0 Å². The molecule has 8 nitrogen and oxygen atoms in total. The van der Waals surface area contributed by atoms with E-state index in [0.29, 0.717) is 17.0 Å². The average Bonchev–Trinajstić information content (AvgIpc) is 2.73. The number of hydrogen-bond acceptors (Lipinski definition) is 5. The first-order valence-electron chi connectivity index (χ1n) is 9.60. The van der Waals surface area contributed by atoms with Crippen LogP contribution in [-0.4, -0.2) is 44.4 Å². The van der Waals surface area contributed by atoms with Crippen LogP contribution in [0.1, 0.15) is 18.5 Å². The number of aromatic nitrogens is 1. The van der Waals surface area contributed by atoms with Gasteiger partial charge in [-0.05, 0) is 49.7 Å². The Balaban J connectivity index is 1.96. The van der Waals surface area contributed by atoms with E-state index in [-0.39, 0.29) is 10.5 Å². The lowest BCUT2D eigenvalue weighted by Gasteiger charge is -2.20. The first-order valence-corrected chi connectivity index (χ1v) is 11.0. The largest absolute Gasteiger partial charge is 0.495 e. The van der Waals surface area contributed by atoms with E-state index in [1.54, 1.807) is 13.0 Å². The predicted molar refractivity (Wildman–Crippen MR) is 120 cm³/mol. The van der Waals surface area contributed by atoms with Crippen molar-refractivity contribution in [2.24, 2.45) is 0 Å². The Kier molecular flexibility index (Phi) is 6.19. The van der Waals surface area contributed by atoms with Crippen LogP contribution in [0.5, 0.6) is 5.75 Å². The molecule has 1 heterocycles. The summed E-state index contributed by atoms with van der Waals surface area (Å²) in [6.07, 6.45) is 0. The Hall–Kier alpha value is -3.17. The first kappa shape index (κ1) is 22.5. The fourth-order valence-electron chi connectivity index (χ4n) is 3.37. The summed E-state index contributed by atoms with van der Waals surface area (Å²) in [5.41, 5.74) is 1.45. The number of pyridine rings is 1. The van der Waals surface area contributed by atoms with E-state index in [4.69, 9.17) is 4.74 Å². The normalized spacial score (nSPS) is 12.7. The number of amides is 1. The van der Waals surface area contributed by atoms with Gasteiger partial charge in [-0.1, -0.05) is 12.1 Å². The van der Waals surface area contributed by atoms with E-state index in [1.807, 2.05) is 19.1 Å². The smallest absolute Gasteiger partial charge is 0.252 e. The van der Waals surface area contributed by atoms with Crippen molar-refractivity contribution in [3.05, 3.63) is 64.4 Å². The molecule has 3 aromatic rings. The van der Waals surface area contributed by atoms with Crippen LogP contribution in [0.25, 0.3) is 10.9 Å². The number of nitrogens with one attached hydrogen (secondary N) is 1. The zero-order chi connectivity index (χ0) is 22.9. The molecule has 164 valence electrons. The van der Waals surface area contributed by atoms with Crippen molar-refractivity contribution >= 4 is 32.5 Å². The number of hydrogen-bond donors (Lipinski definition) is 1. The maximum absolute atomic E-state index is 12.9. The van der Waals surface area contributed by atoms with Crippen LogP contribution in [0.4, 0.5) is 5.69 Å². The number of para-hydroxylation sites is 1. The SMILES string of the molecule is COc1cccc2c(C)cc(=O)n(C(C)C(=O)Nc3ccc(S(=O)(=O)N(C)C)cc3)c12. The van der Waals surface area contributed by atoms with E-state index in [0.717, 1.165) is 15.3 Å². The second kappa shape index (κ2) is 8.52. The summed E-state index contributed by atoms with van der Waals surface area (Å²) in [6, 6.07) is 12.0. The van der Waals surface area contributed by atoms with Crippen molar-refractivity contribution in [1.82, 2.24) is 8.87 Å². The fourth-order valence-corrected chi connectivity index (χ4v) is 4.27. The van der Waals surface area contributed by atoms with Crippen molar-refractivity contribution in [2.75, 3.05) is 26.5 Å². The van der Waals surface area contributed by atoms with Crippen molar-refractivity contribution in [1.29, 1.82) is 0 Å². The Labute approximate surface area is 181 Å². The molecule has 0 aliphatic heterocycles. The highest BCUT2D eigenvalue weighted by atomic mass is 32.2. The summed E-state index contributed by atoms with van der Waals surface area (Å²) in [5, 5.41) is 3.56. The minimum Gasteiger partial charge on any atom is -0.495 e. The number of anilines is 1. The van der Waals surface area contributed by atoms with Crippen LogP contribution < -0.4 is 15.6 Å². The number of benzene rings is 2. The summed E-state index contributed by atoms with van der Waals surface area (Å²) >= 11 is 0. The maximum atomic E-state index is 12.9. The topological polar surface area (TPSA) is 97.7 Å². The van der Waals surface area contributed by atoms with Gasteiger partial charge in [-0.25, -0.2) is 12.7 Å². The number of carbonyl (C=O) groups excluding carboxylic acids is 1. The summed E-state index contributed by atoms with van der Waals surface area (Å²) in [4.78, 5) is 25.9. The fraction of sp³-hybridized carbons (Fsp3) is 0.273. The number of ether oxygens (including phenoxy) is 1. The lowest BCUT2D eigenvalue weighted by Crippen LogP contribution is -2.32. The van der Waals surface area contributed by atoms with Gasteiger partial charge in [0.25, 0.3) is 5.56 Å². The van der Waals surface area contributed by atoms with Gasteiger partial charge in [0.05, 0.1) is 17.5 Å². The summed E-state index contributed by atoms with van der Waals surface area (Å²) in [5.74, 6) is 0.0811. The monoisotopic (exact) mass is 443 g/mol. The number of carbonyl (C=O) groups is 1. The molecule has 1 N–H and O–H groups in total. The van der Waals surface area contributed by atoms with Crippen LogP contribution >= 0.6 is 0 Å². The van der Waals surface area contributed by atoms with E-state index in [1.165, 1.54) is 56.1 Å². The molecule has 3 rings (SSSR count).